The number of halogens is 6. The molecule has 2 N–H and O–H groups in total. The Morgan fingerprint density at radius 1 is 0.981 bits per heavy atom. The first kappa shape index (κ1) is 39.1. The highest BCUT2D eigenvalue weighted by molar-refractivity contribution is 6.05. The molecule has 3 aromatic carbocycles. The first-order chi connectivity index (χ1) is 25.5. The number of anilines is 1. The highest BCUT2D eigenvalue weighted by Crippen LogP contribution is 2.39. The number of aromatic amines is 1. The van der Waals surface area contributed by atoms with E-state index in [-0.39, 0.29) is 42.4 Å². The van der Waals surface area contributed by atoms with Gasteiger partial charge in [-0.05, 0) is 48.6 Å². The molecule has 1 unspecified atom stereocenters. The summed E-state index contributed by atoms with van der Waals surface area (Å²) in [7, 11) is 0. The summed E-state index contributed by atoms with van der Waals surface area (Å²) in [6.45, 7) is 0.758. The molecule has 0 saturated carbocycles. The number of aryl methyl sites for hydroxylation is 1. The molecule has 1 saturated heterocycles. The summed E-state index contributed by atoms with van der Waals surface area (Å²) in [4.78, 5) is 60.4. The predicted octanol–water partition coefficient (Wildman–Crippen LogP) is 6.11. The fourth-order valence-electron chi connectivity index (χ4n) is 6.25. The number of carboxylic acid groups (broad SMARTS) is 1. The second-order valence-electron chi connectivity index (χ2n) is 12.3. The molecule has 0 radical (unpaired) electrons. The third kappa shape index (κ3) is 9.64. The lowest BCUT2D eigenvalue weighted by atomic mass is 9.95. The van der Waals surface area contributed by atoms with Crippen LogP contribution in [0.25, 0.3) is 0 Å². The normalized spacial score (nSPS) is 17.0. The van der Waals surface area contributed by atoms with Crippen LogP contribution < -0.4 is 9.64 Å². The van der Waals surface area contributed by atoms with Crippen LogP contribution in [-0.4, -0.2) is 85.4 Å². The number of H-pyrrole nitrogens is 1. The number of aliphatic carboxylic acids is 1. The van der Waals surface area contributed by atoms with Gasteiger partial charge in [0.1, 0.15) is 18.0 Å². The molecule has 2 aliphatic heterocycles. The summed E-state index contributed by atoms with van der Waals surface area (Å²) in [5, 5.41) is 18.8. The molecule has 3 heterocycles. The van der Waals surface area contributed by atoms with E-state index in [0.29, 0.717) is 23.5 Å². The van der Waals surface area contributed by atoms with Gasteiger partial charge in [-0.25, -0.2) is 9.78 Å². The van der Waals surface area contributed by atoms with E-state index >= 15 is 0 Å². The molecular formula is C35H32F6N6O7. The molecule has 0 bridgehead atoms. The van der Waals surface area contributed by atoms with Crippen molar-refractivity contribution in [1.29, 1.82) is 0 Å². The number of carboxylic acids is 1. The summed E-state index contributed by atoms with van der Waals surface area (Å²) in [6.07, 6.45) is -4.97. The number of benzene rings is 3. The molecule has 1 fully saturated rings. The van der Waals surface area contributed by atoms with Crippen molar-refractivity contribution in [3.63, 3.8) is 0 Å². The second kappa shape index (κ2) is 16.3. The lowest BCUT2D eigenvalue weighted by Crippen LogP contribution is -2.70. The van der Waals surface area contributed by atoms with E-state index in [0.717, 1.165) is 19.3 Å². The van der Waals surface area contributed by atoms with Crippen LogP contribution in [0.4, 0.5) is 37.7 Å². The average molecular weight is 763 g/mol. The Labute approximate surface area is 302 Å². The maximum atomic E-state index is 14.2. The largest absolute Gasteiger partial charge is 0.573 e. The topological polar surface area (TPSA) is 162 Å². The van der Waals surface area contributed by atoms with E-state index in [1.807, 2.05) is 23.1 Å². The molecule has 54 heavy (non-hydrogen) atoms. The smallest absolute Gasteiger partial charge is 0.475 e. The van der Waals surface area contributed by atoms with Crippen molar-refractivity contribution in [2.24, 2.45) is 0 Å². The number of nitro benzene ring substituents is 1. The van der Waals surface area contributed by atoms with Crippen molar-refractivity contribution in [3.05, 3.63) is 118 Å². The zero-order chi connectivity index (χ0) is 39.2. The van der Waals surface area contributed by atoms with Crippen LogP contribution >= 0.6 is 0 Å². The molecule has 2 amide bonds. The SMILES string of the molecule is O=C(O)C(F)(F)F.O=C1[C@H](Cc2cnc[nH]2)N2C(=O)c3cc([N+](=O)[O-])ccc3N(Cc3ccc(OC(F)(F)F)cc3)C2CN1CCCCc1ccccc1. The number of rotatable bonds is 11. The molecular weight excluding hydrogens is 730 g/mol. The quantitative estimate of drug-likeness (QED) is 0.0795. The first-order valence-corrected chi connectivity index (χ1v) is 16.3. The number of hydrogen-bond donors (Lipinski definition) is 2. The first-order valence-electron chi connectivity index (χ1n) is 16.3. The minimum absolute atomic E-state index is 0.0613. The number of carbonyl (C=O) groups excluding carboxylic acids is 2. The van der Waals surface area contributed by atoms with Crippen LogP contribution in [0.2, 0.25) is 0 Å². The number of imidazole rings is 1. The van der Waals surface area contributed by atoms with Gasteiger partial charge in [-0.1, -0.05) is 42.5 Å². The summed E-state index contributed by atoms with van der Waals surface area (Å²) >= 11 is 0. The molecule has 13 nitrogen and oxygen atoms in total. The minimum atomic E-state index is -5.08. The lowest BCUT2D eigenvalue weighted by Gasteiger charge is -2.53. The van der Waals surface area contributed by atoms with Crippen molar-refractivity contribution in [3.8, 4) is 5.75 Å². The Morgan fingerprint density at radius 2 is 1.67 bits per heavy atom. The molecule has 0 aliphatic carbocycles. The lowest BCUT2D eigenvalue weighted by molar-refractivity contribution is -0.384. The van der Waals surface area contributed by atoms with Gasteiger partial charge in [0.15, 0.2) is 0 Å². The van der Waals surface area contributed by atoms with E-state index in [1.54, 1.807) is 11.1 Å². The van der Waals surface area contributed by atoms with Crippen LogP contribution in [0.5, 0.6) is 5.75 Å². The highest BCUT2D eigenvalue weighted by Gasteiger charge is 2.49. The van der Waals surface area contributed by atoms with E-state index in [4.69, 9.17) is 9.90 Å². The van der Waals surface area contributed by atoms with Crippen LogP contribution in [0, 0.1) is 10.1 Å². The molecule has 2 aliphatic rings. The average Bonchev–Trinajstić information content (AvgIpc) is 3.63. The fourth-order valence-corrected chi connectivity index (χ4v) is 6.25. The Hall–Kier alpha value is -6.14. The van der Waals surface area contributed by atoms with Gasteiger partial charge in [-0.15, -0.1) is 13.2 Å². The Bertz CT molecular complexity index is 1940. The van der Waals surface area contributed by atoms with E-state index in [2.05, 4.69) is 26.8 Å². The Kier molecular flexibility index (Phi) is 11.8. The molecule has 286 valence electrons. The predicted molar refractivity (Wildman–Crippen MR) is 178 cm³/mol. The van der Waals surface area contributed by atoms with Gasteiger partial charge in [0.2, 0.25) is 5.91 Å². The number of nitrogens with one attached hydrogen (secondary N) is 1. The molecule has 4 aromatic rings. The summed E-state index contributed by atoms with van der Waals surface area (Å²) < 4.78 is 74.1. The van der Waals surface area contributed by atoms with Crippen molar-refractivity contribution in [2.45, 2.75) is 57.0 Å². The van der Waals surface area contributed by atoms with Gasteiger partial charge in [0.25, 0.3) is 11.6 Å². The summed E-state index contributed by atoms with van der Waals surface area (Å²) in [5.41, 5.74) is 2.65. The van der Waals surface area contributed by atoms with E-state index < -0.39 is 41.5 Å². The van der Waals surface area contributed by atoms with Crippen molar-refractivity contribution >= 4 is 29.2 Å². The number of aromatic nitrogens is 2. The fraction of sp³-hybridized carbons (Fsp3) is 0.314. The summed E-state index contributed by atoms with van der Waals surface area (Å²) in [5.74, 6) is -3.89. The number of ether oxygens (including phenoxy) is 1. The number of carbonyl (C=O) groups is 3. The monoisotopic (exact) mass is 762 g/mol. The van der Waals surface area contributed by atoms with Crippen molar-refractivity contribution < 1.29 is 55.5 Å². The summed E-state index contributed by atoms with van der Waals surface area (Å²) in [6, 6.07) is 18.5. The minimum Gasteiger partial charge on any atom is -0.475 e. The number of fused-ring (bicyclic) bond motifs is 2. The molecule has 1 aromatic heterocycles. The maximum Gasteiger partial charge on any atom is 0.573 e. The van der Waals surface area contributed by atoms with Gasteiger partial charge in [0.05, 0.1) is 29.0 Å². The van der Waals surface area contributed by atoms with Crippen LogP contribution in [0.15, 0.2) is 85.3 Å². The van der Waals surface area contributed by atoms with Gasteiger partial charge >= 0.3 is 18.5 Å². The standard InChI is InChI=1S/C33H31F3N6O5.C2HF3O2/c34-33(35,36)47-26-12-9-23(10-13-26)19-40-28-14-11-25(42(45)46)17-27(28)31(43)41-29(16-24-18-37-21-38-24)32(44)39(20-30(40)41)15-5-4-8-22-6-2-1-3-7-22;3-2(4,5)1(6)7/h1-3,6-7,9-14,17-18,21,29-30H,4-5,8,15-16,19-20H2,(H,37,38);(H,6,7)/t29-,30?;/m0./s1. The number of nitrogens with zero attached hydrogens (tertiary/aromatic N) is 5. The zero-order valence-electron chi connectivity index (χ0n) is 28.1. The third-order valence-corrected chi connectivity index (χ3v) is 8.67. The molecule has 6 rings (SSSR count). The van der Waals surface area contributed by atoms with Gasteiger partial charge in [-0.3, -0.25) is 19.7 Å². The number of unbranched alkanes of at least 4 members (excludes halogenated alkanes) is 1. The van der Waals surface area contributed by atoms with Crippen LogP contribution in [0.1, 0.15) is 40.0 Å². The molecule has 0 spiro atoms. The number of amides is 2. The number of non-ortho nitro benzene ring substituents is 1. The molecule has 2 atom stereocenters. The highest BCUT2D eigenvalue weighted by atomic mass is 19.4. The van der Waals surface area contributed by atoms with E-state index in [9.17, 15) is 46.0 Å². The maximum absolute atomic E-state index is 14.2. The number of nitro groups is 1. The Morgan fingerprint density at radius 3 is 2.26 bits per heavy atom. The van der Waals surface area contributed by atoms with Crippen LogP contribution in [-0.2, 0) is 29.0 Å². The van der Waals surface area contributed by atoms with Gasteiger partial charge in [0, 0.05) is 43.5 Å². The Balaban J connectivity index is 0.000000730. The van der Waals surface area contributed by atoms with Crippen molar-refractivity contribution in [2.75, 3.05) is 18.0 Å². The number of piperazine rings is 1. The van der Waals surface area contributed by atoms with E-state index in [1.165, 1.54) is 59.3 Å². The third-order valence-electron chi connectivity index (χ3n) is 8.67. The zero-order valence-corrected chi connectivity index (χ0v) is 28.1. The van der Waals surface area contributed by atoms with Crippen molar-refractivity contribution in [1.82, 2.24) is 19.8 Å². The molecule has 19 heteroatoms. The number of alkyl halides is 6. The van der Waals surface area contributed by atoms with Gasteiger partial charge in [-0.2, -0.15) is 13.2 Å². The number of hydrogen-bond acceptors (Lipinski definition) is 8. The second-order valence-corrected chi connectivity index (χ2v) is 12.3. The van der Waals surface area contributed by atoms with Gasteiger partial charge < -0.3 is 29.5 Å². The van der Waals surface area contributed by atoms with Crippen LogP contribution in [0.3, 0.4) is 0 Å².